The van der Waals surface area contributed by atoms with Gasteiger partial charge >= 0.3 is 0 Å². The summed E-state index contributed by atoms with van der Waals surface area (Å²) in [6, 6.07) is 12.1. The van der Waals surface area contributed by atoms with Gasteiger partial charge in [-0.05, 0) is 137 Å². The van der Waals surface area contributed by atoms with E-state index in [1.165, 1.54) is 17.5 Å². The second-order valence-corrected chi connectivity index (χ2v) is 17.6. The highest BCUT2D eigenvalue weighted by Crippen LogP contribution is 2.44. The lowest BCUT2D eigenvalue weighted by Gasteiger charge is -2.45. The third-order valence-electron chi connectivity index (χ3n) is 11.8. The highest BCUT2D eigenvalue weighted by molar-refractivity contribution is 7.83. The van der Waals surface area contributed by atoms with Crippen LogP contribution >= 0.6 is 11.6 Å². The van der Waals surface area contributed by atoms with Crippen molar-refractivity contribution in [1.82, 2.24) is 14.9 Å². The maximum atomic E-state index is 14.4. The molecule has 5 rings (SSSR count). The van der Waals surface area contributed by atoms with Crippen LogP contribution in [0.5, 0.6) is 5.75 Å². The normalized spacial score (nSPS) is 24.8. The van der Waals surface area contributed by atoms with E-state index in [0.717, 1.165) is 108 Å². The van der Waals surface area contributed by atoms with Crippen molar-refractivity contribution in [3.63, 3.8) is 0 Å². The molecule has 302 valence electrons. The fraction of sp³-hybridized carbons (Fsp3) is 0.651. The zero-order valence-corrected chi connectivity index (χ0v) is 34.9. The third kappa shape index (κ3) is 12.6. The molecule has 1 aliphatic carbocycles. The number of fused-ring (bicyclic) bond motifs is 1. The molecule has 2 heterocycles. The molecule has 0 radical (unpaired) electrons. The second-order valence-electron chi connectivity index (χ2n) is 15.4. The number of alkyl halides is 1. The first-order chi connectivity index (χ1) is 26.2. The van der Waals surface area contributed by atoms with Gasteiger partial charge in [-0.3, -0.25) is 4.79 Å². The van der Waals surface area contributed by atoms with Gasteiger partial charge in [0.1, 0.15) is 18.2 Å². The van der Waals surface area contributed by atoms with Crippen LogP contribution in [0.2, 0.25) is 5.02 Å². The van der Waals surface area contributed by atoms with Crippen molar-refractivity contribution in [1.29, 1.82) is 0 Å². The Hall–Kier alpha value is -2.34. The van der Waals surface area contributed by atoms with E-state index in [1.807, 2.05) is 24.3 Å². The molecule has 0 bridgehead atoms. The summed E-state index contributed by atoms with van der Waals surface area (Å²) < 4.78 is 36.4. The number of aliphatic hydroxyl groups is 1. The van der Waals surface area contributed by atoms with Crippen molar-refractivity contribution in [3.8, 4) is 5.75 Å². The van der Waals surface area contributed by atoms with Crippen LogP contribution in [0.1, 0.15) is 93.1 Å². The number of allylic oxidation sites excluding steroid dienone is 1. The fourth-order valence-electron chi connectivity index (χ4n) is 8.36. The number of rotatable bonds is 15. The zero-order chi connectivity index (χ0) is 39.0. The number of anilines is 1. The van der Waals surface area contributed by atoms with Crippen LogP contribution in [0.4, 0.5) is 10.1 Å². The van der Waals surface area contributed by atoms with Crippen molar-refractivity contribution in [2.75, 3.05) is 71.5 Å². The number of nitrogens with one attached hydrogen (secondary N) is 2. The number of benzene rings is 2. The monoisotopic (exact) mass is 788 g/mol. The number of carbonyl (C=O) groups is 1. The molecule has 0 spiro atoms. The first-order valence-electron chi connectivity index (χ1n) is 20.2. The number of ether oxygens (including phenoxy) is 1. The number of aryl methyl sites for hydroxylation is 1. The molecule has 11 heteroatoms. The number of carbonyl (C=O) groups excluding carboxylic acids is 1. The number of nitrogens with zero attached hydrogens (tertiary/aromatic N) is 2. The summed E-state index contributed by atoms with van der Waals surface area (Å²) in [5, 5.41) is 11.3. The molecular weight excluding hydrogens is 723 g/mol. The molecule has 2 aromatic rings. The lowest BCUT2D eigenvalue weighted by atomic mass is 9.66. The summed E-state index contributed by atoms with van der Waals surface area (Å²) in [5.74, 6) is 2.60. The first kappa shape index (κ1) is 44.4. The number of hydrogen-bond acceptors (Lipinski definition) is 7. The maximum absolute atomic E-state index is 14.4. The lowest BCUT2D eigenvalue weighted by molar-refractivity contribution is 0.0986. The van der Waals surface area contributed by atoms with Crippen molar-refractivity contribution in [2.24, 2.45) is 23.7 Å². The average molecular weight is 790 g/mol. The Balaban J connectivity index is 0.00000319. The van der Waals surface area contributed by atoms with Crippen LogP contribution < -0.4 is 19.7 Å². The molecule has 54 heavy (non-hydrogen) atoms. The first-order valence-corrected chi connectivity index (χ1v) is 21.8. The molecule has 0 aromatic heterocycles. The fourth-order valence-corrected chi connectivity index (χ4v) is 9.46. The minimum atomic E-state index is -1.06. The summed E-state index contributed by atoms with van der Waals surface area (Å²) in [5.41, 5.74) is 4.23. The predicted molar refractivity (Wildman–Crippen MR) is 223 cm³/mol. The summed E-state index contributed by atoms with van der Waals surface area (Å²) in [4.78, 5) is 17.0. The minimum absolute atomic E-state index is 0.0549. The van der Waals surface area contributed by atoms with E-state index in [0.29, 0.717) is 42.8 Å². The quantitative estimate of drug-likeness (QED) is 0.127. The van der Waals surface area contributed by atoms with Gasteiger partial charge in [0.15, 0.2) is 0 Å². The summed E-state index contributed by atoms with van der Waals surface area (Å²) in [7, 11) is 1.70. The zero-order valence-electron chi connectivity index (χ0n) is 33.3. The summed E-state index contributed by atoms with van der Waals surface area (Å²) in [6.07, 6.45) is 12.3. The highest BCUT2D eigenvalue weighted by Gasteiger charge is 2.39. The van der Waals surface area contributed by atoms with Crippen molar-refractivity contribution in [2.45, 2.75) is 89.5 Å². The number of hydrogen-bond donors (Lipinski definition) is 3. The molecule has 2 aromatic carbocycles. The topological polar surface area (TPSA) is 94.1 Å². The average Bonchev–Trinajstić information content (AvgIpc) is 3.35. The van der Waals surface area contributed by atoms with E-state index < -0.39 is 17.2 Å². The SMILES string of the molecule is CCCc1cc(Cl)ccc1C1COc2ccc(C=O)cc2N(CC2CCC2C(/C=C/CC(C)C(C)S(=O)NC)CN2CCCC(F)CCNCC2)C1.CO. The van der Waals surface area contributed by atoms with E-state index in [1.54, 1.807) is 7.05 Å². The number of aliphatic hydroxyl groups excluding tert-OH is 1. The second kappa shape index (κ2) is 23.0. The van der Waals surface area contributed by atoms with Crippen molar-refractivity contribution < 1.29 is 23.2 Å². The van der Waals surface area contributed by atoms with Gasteiger partial charge in [0, 0.05) is 61.6 Å². The molecule has 8 atom stereocenters. The Bertz CT molecular complexity index is 1500. The largest absolute Gasteiger partial charge is 0.491 e. The lowest BCUT2D eigenvalue weighted by Crippen LogP contribution is -2.46. The van der Waals surface area contributed by atoms with Gasteiger partial charge in [0.2, 0.25) is 0 Å². The predicted octanol–water partition coefficient (Wildman–Crippen LogP) is 7.61. The molecular formula is C43H66ClFN4O4S. The van der Waals surface area contributed by atoms with Crippen LogP contribution in [-0.4, -0.2) is 98.5 Å². The Morgan fingerprint density at radius 3 is 2.65 bits per heavy atom. The Morgan fingerprint density at radius 1 is 1.11 bits per heavy atom. The molecule has 8 nitrogen and oxygen atoms in total. The van der Waals surface area contributed by atoms with Crippen LogP contribution in [0.15, 0.2) is 48.6 Å². The molecule has 3 N–H and O–H groups in total. The summed E-state index contributed by atoms with van der Waals surface area (Å²) in [6.45, 7) is 13.1. The van der Waals surface area contributed by atoms with Crippen LogP contribution in [-0.2, 0) is 17.4 Å². The van der Waals surface area contributed by atoms with Crippen molar-refractivity contribution >= 4 is 34.6 Å². The molecule has 2 aliphatic heterocycles. The highest BCUT2D eigenvalue weighted by atomic mass is 35.5. The van der Waals surface area contributed by atoms with Gasteiger partial charge in [-0.25, -0.2) is 13.3 Å². The van der Waals surface area contributed by atoms with Gasteiger partial charge in [-0.1, -0.05) is 50.1 Å². The molecule has 1 saturated carbocycles. The molecule has 1 saturated heterocycles. The molecule has 0 amide bonds. The van der Waals surface area contributed by atoms with Gasteiger partial charge in [-0.15, -0.1) is 0 Å². The van der Waals surface area contributed by atoms with E-state index >= 15 is 0 Å². The van der Waals surface area contributed by atoms with E-state index in [9.17, 15) is 13.4 Å². The van der Waals surface area contributed by atoms with Crippen LogP contribution in [0.25, 0.3) is 0 Å². The standard InChI is InChI=1S/C42H62ClFN4O3S.CH4O/c1-5-8-33-24-37(43)14-16-39(33)36-27-48(41-23-32(28-49)12-17-42(41)51-29-36)26-35-13-15-40(35)34(10-6-9-30(2)31(3)52(50)45-4)25-47-21-7-11-38(44)18-19-46-20-22-47;1-2/h6,10,12,14,16-17,23-24,28,30-31,34-36,38,40,45-46H,5,7-9,11,13,15,18-22,25-27,29H2,1-4H3;2H,1H3/b10-6+;. The number of halogens is 2. The Kier molecular flexibility index (Phi) is 18.9. The van der Waals surface area contributed by atoms with E-state index in [2.05, 4.69) is 64.9 Å². The van der Waals surface area contributed by atoms with Crippen LogP contribution in [0, 0.1) is 23.7 Å². The van der Waals surface area contributed by atoms with Crippen molar-refractivity contribution in [3.05, 3.63) is 70.3 Å². The summed E-state index contributed by atoms with van der Waals surface area (Å²) >= 11 is 6.48. The van der Waals surface area contributed by atoms with Crippen LogP contribution in [0.3, 0.4) is 0 Å². The van der Waals surface area contributed by atoms with E-state index in [4.69, 9.17) is 21.4 Å². The maximum Gasteiger partial charge on any atom is 0.150 e. The Labute approximate surface area is 332 Å². The van der Waals surface area contributed by atoms with Gasteiger partial charge < -0.3 is 25.0 Å². The number of aldehydes is 1. The molecule has 2 fully saturated rings. The minimum Gasteiger partial charge on any atom is -0.491 e. The smallest absolute Gasteiger partial charge is 0.150 e. The van der Waals surface area contributed by atoms with Gasteiger partial charge in [-0.2, -0.15) is 0 Å². The van der Waals surface area contributed by atoms with E-state index in [-0.39, 0.29) is 17.1 Å². The third-order valence-corrected chi connectivity index (χ3v) is 13.6. The van der Waals surface area contributed by atoms with Gasteiger partial charge in [0.05, 0.1) is 23.3 Å². The molecule has 8 unspecified atom stereocenters. The molecule has 3 aliphatic rings. The van der Waals surface area contributed by atoms with Gasteiger partial charge in [0.25, 0.3) is 0 Å². The Morgan fingerprint density at radius 2 is 1.93 bits per heavy atom.